The second kappa shape index (κ2) is 7.28. The number of ether oxygens (including phenoxy) is 2. The second-order valence-electron chi connectivity index (χ2n) is 5.73. The molecule has 3 rings (SSSR count). The zero-order chi connectivity index (χ0) is 16.9. The minimum Gasteiger partial charge on any atom is -0.461 e. The number of fused-ring (bicyclic) bond motifs is 3. The van der Waals surface area contributed by atoms with Gasteiger partial charge in [-0.15, -0.1) is 6.58 Å². The SMILES string of the molecule is C=CCOCC(=C)C(=O)OCC1c2ccccc2-c2ccccc21. The van der Waals surface area contributed by atoms with E-state index in [-0.39, 0.29) is 12.5 Å². The van der Waals surface area contributed by atoms with Gasteiger partial charge in [-0.25, -0.2) is 4.79 Å². The number of rotatable bonds is 7. The van der Waals surface area contributed by atoms with E-state index in [4.69, 9.17) is 9.47 Å². The Kier molecular flexibility index (Phi) is 4.92. The summed E-state index contributed by atoms with van der Waals surface area (Å²) < 4.78 is 10.7. The van der Waals surface area contributed by atoms with Gasteiger partial charge in [0.1, 0.15) is 6.61 Å². The molecule has 0 N–H and O–H groups in total. The third-order valence-electron chi connectivity index (χ3n) is 4.14. The normalized spacial score (nSPS) is 12.3. The molecule has 3 heteroatoms. The van der Waals surface area contributed by atoms with Crippen LogP contribution in [-0.4, -0.2) is 25.8 Å². The number of hydrogen-bond acceptors (Lipinski definition) is 3. The third-order valence-corrected chi connectivity index (χ3v) is 4.14. The summed E-state index contributed by atoms with van der Waals surface area (Å²) in [5.41, 5.74) is 5.13. The lowest BCUT2D eigenvalue weighted by molar-refractivity contribution is -0.139. The summed E-state index contributed by atoms with van der Waals surface area (Å²) in [6.07, 6.45) is 1.63. The van der Waals surface area contributed by atoms with Crippen molar-refractivity contribution in [1.29, 1.82) is 0 Å². The van der Waals surface area contributed by atoms with Crippen LogP contribution in [0.25, 0.3) is 11.1 Å². The lowest BCUT2D eigenvalue weighted by atomic mass is 9.98. The summed E-state index contributed by atoms with van der Waals surface area (Å²) in [6, 6.07) is 16.5. The predicted molar refractivity (Wildman–Crippen MR) is 94.8 cm³/mol. The highest BCUT2D eigenvalue weighted by molar-refractivity contribution is 5.88. The molecule has 1 aliphatic carbocycles. The summed E-state index contributed by atoms with van der Waals surface area (Å²) in [5, 5.41) is 0. The highest BCUT2D eigenvalue weighted by Gasteiger charge is 2.29. The Labute approximate surface area is 142 Å². The highest BCUT2D eigenvalue weighted by atomic mass is 16.5. The minimum absolute atomic E-state index is 0.0586. The molecule has 0 radical (unpaired) electrons. The van der Waals surface area contributed by atoms with Crippen molar-refractivity contribution in [3.8, 4) is 11.1 Å². The number of hydrogen-bond donors (Lipinski definition) is 0. The summed E-state index contributed by atoms with van der Waals surface area (Å²) in [5.74, 6) is -0.357. The van der Waals surface area contributed by atoms with Gasteiger partial charge in [-0.3, -0.25) is 0 Å². The molecular weight excluding hydrogens is 300 g/mol. The highest BCUT2D eigenvalue weighted by Crippen LogP contribution is 2.44. The van der Waals surface area contributed by atoms with Gasteiger partial charge in [-0.1, -0.05) is 61.2 Å². The fraction of sp³-hybridized carbons (Fsp3) is 0.190. The first kappa shape index (κ1) is 16.2. The van der Waals surface area contributed by atoms with E-state index in [1.165, 1.54) is 22.3 Å². The quantitative estimate of drug-likeness (QED) is 0.333. The van der Waals surface area contributed by atoms with Gasteiger partial charge in [-0.2, -0.15) is 0 Å². The molecule has 3 nitrogen and oxygen atoms in total. The van der Waals surface area contributed by atoms with E-state index < -0.39 is 5.97 Å². The molecule has 0 bridgehead atoms. The molecular formula is C21H20O3. The van der Waals surface area contributed by atoms with E-state index in [2.05, 4.69) is 37.4 Å². The van der Waals surface area contributed by atoms with Crippen LogP contribution in [0.5, 0.6) is 0 Å². The van der Waals surface area contributed by atoms with Crippen molar-refractivity contribution >= 4 is 5.97 Å². The van der Waals surface area contributed by atoms with Gasteiger partial charge in [0.15, 0.2) is 0 Å². The molecule has 0 unspecified atom stereocenters. The molecule has 1 aliphatic rings. The van der Waals surface area contributed by atoms with Crippen LogP contribution in [0, 0.1) is 0 Å². The van der Waals surface area contributed by atoms with Crippen molar-refractivity contribution in [2.45, 2.75) is 5.92 Å². The fourth-order valence-electron chi connectivity index (χ4n) is 3.02. The van der Waals surface area contributed by atoms with Gasteiger partial charge in [0.25, 0.3) is 0 Å². The van der Waals surface area contributed by atoms with Crippen LogP contribution in [0.4, 0.5) is 0 Å². The molecule has 0 amide bonds. The van der Waals surface area contributed by atoms with Gasteiger partial charge >= 0.3 is 5.97 Å². The molecule has 24 heavy (non-hydrogen) atoms. The van der Waals surface area contributed by atoms with E-state index in [1.807, 2.05) is 24.3 Å². The molecule has 0 saturated heterocycles. The average molecular weight is 320 g/mol. The molecule has 0 fully saturated rings. The van der Waals surface area contributed by atoms with Crippen LogP contribution in [0.1, 0.15) is 17.0 Å². The Hall–Kier alpha value is -2.65. The van der Waals surface area contributed by atoms with Crippen LogP contribution in [-0.2, 0) is 14.3 Å². The van der Waals surface area contributed by atoms with Crippen LogP contribution in [0.15, 0.2) is 73.3 Å². The maximum Gasteiger partial charge on any atom is 0.335 e. The smallest absolute Gasteiger partial charge is 0.335 e. The summed E-state index contributed by atoms with van der Waals surface area (Å²) in [7, 11) is 0. The first-order valence-electron chi connectivity index (χ1n) is 7.94. The van der Waals surface area contributed by atoms with Gasteiger partial charge < -0.3 is 9.47 Å². The summed E-state index contributed by atoms with van der Waals surface area (Å²) in [6.45, 7) is 8.13. The van der Waals surface area contributed by atoms with Crippen molar-refractivity contribution in [3.63, 3.8) is 0 Å². The van der Waals surface area contributed by atoms with Gasteiger partial charge in [0.05, 0.1) is 18.8 Å². The van der Waals surface area contributed by atoms with Gasteiger partial charge in [-0.05, 0) is 22.3 Å². The van der Waals surface area contributed by atoms with Crippen molar-refractivity contribution in [3.05, 3.63) is 84.5 Å². The Morgan fingerprint density at radius 2 is 1.62 bits per heavy atom. The topological polar surface area (TPSA) is 35.5 Å². The minimum atomic E-state index is -0.416. The monoisotopic (exact) mass is 320 g/mol. The summed E-state index contributed by atoms with van der Waals surface area (Å²) >= 11 is 0. The van der Waals surface area contributed by atoms with Crippen LogP contribution < -0.4 is 0 Å². The van der Waals surface area contributed by atoms with E-state index in [0.29, 0.717) is 18.8 Å². The van der Waals surface area contributed by atoms with Crippen LogP contribution in [0.2, 0.25) is 0 Å². The Balaban J connectivity index is 1.70. The molecule has 122 valence electrons. The van der Waals surface area contributed by atoms with E-state index in [9.17, 15) is 4.79 Å². The number of carbonyl (C=O) groups is 1. The average Bonchev–Trinajstić information content (AvgIpc) is 2.94. The molecule has 0 spiro atoms. The zero-order valence-electron chi connectivity index (χ0n) is 13.5. The lowest BCUT2D eigenvalue weighted by Gasteiger charge is -2.14. The van der Waals surface area contributed by atoms with Gasteiger partial charge in [0, 0.05) is 5.92 Å². The van der Waals surface area contributed by atoms with Crippen molar-refractivity contribution in [2.24, 2.45) is 0 Å². The summed E-state index contributed by atoms with van der Waals surface area (Å²) in [4.78, 5) is 12.1. The van der Waals surface area contributed by atoms with Crippen LogP contribution in [0.3, 0.4) is 0 Å². The molecule has 0 atom stereocenters. The fourth-order valence-corrected chi connectivity index (χ4v) is 3.02. The molecule has 2 aromatic rings. The predicted octanol–water partition coefficient (Wildman–Crippen LogP) is 4.10. The third kappa shape index (κ3) is 3.17. The van der Waals surface area contributed by atoms with E-state index >= 15 is 0 Å². The number of benzene rings is 2. The van der Waals surface area contributed by atoms with E-state index in [1.54, 1.807) is 6.08 Å². The van der Waals surface area contributed by atoms with Crippen LogP contribution >= 0.6 is 0 Å². The van der Waals surface area contributed by atoms with Crippen molar-refractivity contribution in [1.82, 2.24) is 0 Å². The molecule has 2 aromatic carbocycles. The van der Waals surface area contributed by atoms with Gasteiger partial charge in [0.2, 0.25) is 0 Å². The Morgan fingerprint density at radius 3 is 2.21 bits per heavy atom. The van der Waals surface area contributed by atoms with Crippen molar-refractivity contribution in [2.75, 3.05) is 19.8 Å². The molecule has 0 saturated carbocycles. The standard InChI is InChI=1S/C21H20O3/c1-3-12-23-13-15(2)21(22)24-14-20-18-10-6-4-8-16(18)17-9-5-7-11-19(17)20/h3-11,20H,1-2,12-14H2. The number of carbonyl (C=O) groups excluding carboxylic acids is 1. The first-order valence-corrected chi connectivity index (χ1v) is 7.94. The van der Waals surface area contributed by atoms with Crippen molar-refractivity contribution < 1.29 is 14.3 Å². The molecule has 0 heterocycles. The lowest BCUT2D eigenvalue weighted by Crippen LogP contribution is -2.16. The Morgan fingerprint density at radius 1 is 1.04 bits per heavy atom. The maximum atomic E-state index is 12.1. The second-order valence-corrected chi connectivity index (χ2v) is 5.73. The largest absolute Gasteiger partial charge is 0.461 e. The Bertz CT molecular complexity index is 731. The zero-order valence-corrected chi connectivity index (χ0v) is 13.5. The number of esters is 1. The molecule has 0 aromatic heterocycles. The van der Waals surface area contributed by atoms with E-state index in [0.717, 1.165) is 0 Å². The molecule has 0 aliphatic heterocycles. The first-order chi connectivity index (χ1) is 11.7. The maximum absolute atomic E-state index is 12.1.